The summed E-state index contributed by atoms with van der Waals surface area (Å²) in [5, 5.41) is 10.7. The zero-order valence-electron chi connectivity index (χ0n) is 10.9. The predicted octanol–water partition coefficient (Wildman–Crippen LogP) is 3.72. The molecule has 0 radical (unpaired) electrons. The lowest BCUT2D eigenvalue weighted by molar-refractivity contribution is -0.385. The Hall–Kier alpha value is -1.67. The Morgan fingerprint density at radius 2 is 2.00 bits per heavy atom. The number of Topliss-reactive ketones (excluding diaryl/α,β-unsaturated/α-hetero) is 1. The number of rotatable bonds is 5. The molecule has 2 rings (SSSR count). The number of aromatic nitrogens is 1. The number of carbonyl (C=O) groups is 1. The van der Waals surface area contributed by atoms with Crippen molar-refractivity contribution >= 4 is 43.3 Å². The van der Waals surface area contributed by atoms with Crippen LogP contribution >= 0.6 is 31.9 Å². The zero-order valence-corrected chi connectivity index (χ0v) is 14.0. The van der Waals surface area contributed by atoms with Crippen molar-refractivity contribution in [1.82, 2.24) is 4.57 Å². The first-order valence-electron chi connectivity index (χ1n) is 5.80. The molecule has 0 amide bonds. The predicted molar refractivity (Wildman–Crippen MR) is 83.7 cm³/mol. The Bertz CT molecular complexity index is 689. The molecule has 1 aromatic carbocycles. The Labute approximate surface area is 137 Å². The normalized spacial score (nSPS) is 10.4. The Morgan fingerprint density at radius 1 is 1.38 bits per heavy atom. The van der Waals surface area contributed by atoms with Gasteiger partial charge in [0.1, 0.15) is 5.75 Å². The number of benzene rings is 1. The second-order valence-electron chi connectivity index (χ2n) is 4.27. The van der Waals surface area contributed by atoms with Crippen LogP contribution in [0.1, 0.15) is 10.4 Å². The number of ketones is 1. The fraction of sp³-hybridized carbons (Fsp3) is 0.154. The van der Waals surface area contributed by atoms with Crippen molar-refractivity contribution in [3.63, 3.8) is 0 Å². The van der Waals surface area contributed by atoms with Gasteiger partial charge in [-0.15, -0.1) is 0 Å². The fourth-order valence-corrected chi connectivity index (χ4v) is 3.07. The topological polar surface area (TPSA) is 74.4 Å². The minimum absolute atomic E-state index is 0.0736. The highest BCUT2D eigenvalue weighted by atomic mass is 79.9. The Morgan fingerprint density at radius 3 is 2.48 bits per heavy atom. The van der Waals surface area contributed by atoms with Gasteiger partial charge in [0.15, 0.2) is 6.61 Å². The summed E-state index contributed by atoms with van der Waals surface area (Å²) in [4.78, 5) is 22.2. The van der Waals surface area contributed by atoms with Crippen LogP contribution in [-0.4, -0.2) is 21.9 Å². The number of halogens is 2. The van der Waals surface area contributed by atoms with Crippen molar-refractivity contribution in [2.75, 3.05) is 6.61 Å². The number of ether oxygens (including phenoxy) is 1. The average molecular weight is 418 g/mol. The van der Waals surface area contributed by atoms with Crippen LogP contribution in [0.4, 0.5) is 5.69 Å². The van der Waals surface area contributed by atoms with Gasteiger partial charge in [0.2, 0.25) is 5.78 Å². The van der Waals surface area contributed by atoms with Gasteiger partial charge in [-0.3, -0.25) is 14.9 Å². The van der Waals surface area contributed by atoms with E-state index in [9.17, 15) is 14.9 Å². The molecule has 1 aromatic heterocycles. The molecule has 0 saturated heterocycles. The lowest BCUT2D eigenvalue weighted by Crippen LogP contribution is -2.11. The van der Waals surface area contributed by atoms with Gasteiger partial charge >= 0.3 is 0 Å². The molecule has 0 aliphatic carbocycles. The van der Waals surface area contributed by atoms with Gasteiger partial charge in [-0.2, -0.15) is 0 Å². The van der Waals surface area contributed by atoms with Crippen LogP contribution in [0.2, 0.25) is 0 Å². The van der Waals surface area contributed by atoms with Crippen LogP contribution in [-0.2, 0) is 7.05 Å². The quantitative estimate of drug-likeness (QED) is 0.422. The first-order valence-corrected chi connectivity index (χ1v) is 7.38. The monoisotopic (exact) mass is 416 g/mol. The van der Waals surface area contributed by atoms with Gasteiger partial charge < -0.3 is 9.30 Å². The van der Waals surface area contributed by atoms with Gasteiger partial charge in [-0.25, -0.2) is 0 Å². The summed E-state index contributed by atoms with van der Waals surface area (Å²) in [6.45, 7) is -0.154. The summed E-state index contributed by atoms with van der Waals surface area (Å²) in [6.07, 6.45) is 3.47. The standard InChI is InChI=1S/C13H10Br2N2O4/c1-16-3-2-8(6-16)12(18)7-21-13-10(14)4-9(17(19)20)5-11(13)15/h2-6H,7H2,1H3. The fourth-order valence-electron chi connectivity index (χ4n) is 1.68. The number of non-ortho nitro benzene ring substituents is 1. The Balaban J connectivity index is 2.13. The average Bonchev–Trinajstić information content (AvgIpc) is 2.84. The van der Waals surface area contributed by atoms with Crippen molar-refractivity contribution in [1.29, 1.82) is 0 Å². The van der Waals surface area contributed by atoms with Crippen LogP contribution in [0.3, 0.4) is 0 Å². The lowest BCUT2D eigenvalue weighted by atomic mass is 10.2. The molecule has 0 aliphatic rings. The molecule has 110 valence electrons. The largest absolute Gasteiger partial charge is 0.483 e. The molecule has 0 saturated carbocycles. The van der Waals surface area contributed by atoms with Crippen LogP contribution in [0.5, 0.6) is 5.75 Å². The van der Waals surface area contributed by atoms with Gasteiger partial charge in [0, 0.05) is 37.1 Å². The molecule has 0 fully saturated rings. The summed E-state index contributed by atoms with van der Waals surface area (Å²) in [7, 11) is 1.82. The van der Waals surface area contributed by atoms with Crippen LogP contribution < -0.4 is 4.74 Å². The number of carbonyl (C=O) groups excluding carboxylic acids is 1. The van der Waals surface area contributed by atoms with Crippen LogP contribution in [0, 0.1) is 10.1 Å². The van der Waals surface area contributed by atoms with Gasteiger partial charge in [0.05, 0.1) is 13.9 Å². The van der Waals surface area contributed by atoms with E-state index >= 15 is 0 Å². The van der Waals surface area contributed by atoms with Crippen molar-refractivity contribution < 1.29 is 14.5 Å². The molecule has 0 bridgehead atoms. The second kappa shape index (κ2) is 6.40. The highest BCUT2D eigenvalue weighted by Crippen LogP contribution is 2.37. The molecule has 6 nitrogen and oxygen atoms in total. The second-order valence-corrected chi connectivity index (χ2v) is 5.98. The number of nitro benzene ring substituents is 1. The maximum atomic E-state index is 12.0. The maximum Gasteiger partial charge on any atom is 0.271 e. The third-order valence-corrected chi connectivity index (χ3v) is 3.87. The number of aryl methyl sites for hydroxylation is 1. The third-order valence-electron chi connectivity index (χ3n) is 2.70. The van der Waals surface area contributed by atoms with E-state index < -0.39 is 4.92 Å². The minimum atomic E-state index is -0.506. The molecule has 0 aliphatic heterocycles. The SMILES string of the molecule is Cn1ccc(C(=O)COc2c(Br)cc([N+](=O)[O-])cc2Br)c1. The number of nitro groups is 1. The number of nitrogens with zero attached hydrogens (tertiary/aromatic N) is 2. The van der Waals surface area contributed by atoms with Crippen LogP contribution in [0.15, 0.2) is 39.5 Å². The lowest BCUT2D eigenvalue weighted by Gasteiger charge is -2.09. The highest BCUT2D eigenvalue weighted by molar-refractivity contribution is 9.11. The van der Waals surface area contributed by atoms with Crippen molar-refractivity contribution in [2.24, 2.45) is 7.05 Å². The third kappa shape index (κ3) is 3.70. The molecule has 0 unspecified atom stereocenters. The van der Waals surface area contributed by atoms with Crippen molar-refractivity contribution in [2.45, 2.75) is 0 Å². The van der Waals surface area contributed by atoms with E-state index in [4.69, 9.17) is 4.74 Å². The molecule has 8 heteroatoms. The number of hydrogen-bond acceptors (Lipinski definition) is 4. The Kier molecular flexibility index (Phi) is 4.79. The molecule has 21 heavy (non-hydrogen) atoms. The van der Waals surface area contributed by atoms with E-state index in [1.807, 2.05) is 7.05 Å². The van der Waals surface area contributed by atoms with E-state index in [-0.39, 0.29) is 18.1 Å². The molecular weight excluding hydrogens is 408 g/mol. The first-order chi connectivity index (χ1) is 9.88. The first kappa shape index (κ1) is 15.7. The van der Waals surface area contributed by atoms with E-state index in [0.717, 1.165) is 0 Å². The molecule has 0 spiro atoms. The summed E-state index contributed by atoms with van der Waals surface area (Å²) in [6, 6.07) is 4.35. The van der Waals surface area contributed by atoms with Crippen molar-refractivity contribution in [3.8, 4) is 5.75 Å². The molecule has 1 heterocycles. The van der Waals surface area contributed by atoms with E-state index in [2.05, 4.69) is 31.9 Å². The van der Waals surface area contributed by atoms with Crippen molar-refractivity contribution in [3.05, 3.63) is 55.2 Å². The molecule has 0 atom stereocenters. The molecular formula is C13H10Br2N2O4. The minimum Gasteiger partial charge on any atom is -0.483 e. The van der Waals surface area contributed by atoms with Gasteiger partial charge in [0.25, 0.3) is 5.69 Å². The molecule has 2 aromatic rings. The summed E-state index contributed by atoms with van der Waals surface area (Å²) < 4.78 is 8.04. The summed E-state index contributed by atoms with van der Waals surface area (Å²) in [5.74, 6) is 0.178. The van der Waals surface area contributed by atoms with E-state index in [1.54, 1.807) is 23.0 Å². The molecule has 0 N–H and O–H groups in total. The smallest absolute Gasteiger partial charge is 0.271 e. The van der Waals surface area contributed by atoms with Gasteiger partial charge in [-0.05, 0) is 37.9 Å². The van der Waals surface area contributed by atoms with Gasteiger partial charge in [-0.1, -0.05) is 0 Å². The summed E-state index contributed by atoms with van der Waals surface area (Å²) >= 11 is 6.40. The number of hydrogen-bond donors (Lipinski definition) is 0. The van der Waals surface area contributed by atoms with E-state index in [0.29, 0.717) is 20.3 Å². The highest BCUT2D eigenvalue weighted by Gasteiger charge is 2.16. The maximum absolute atomic E-state index is 12.0. The zero-order chi connectivity index (χ0) is 15.6. The summed E-state index contributed by atoms with van der Waals surface area (Å²) in [5.41, 5.74) is 0.474. The van der Waals surface area contributed by atoms with E-state index in [1.165, 1.54) is 12.1 Å². The van der Waals surface area contributed by atoms with Crippen LogP contribution in [0.25, 0.3) is 0 Å².